The summed E-state index contributed by atoms with van der Waals surface area (Å²) >= 11 is 0. The van der Waals surface area contributed by atoms with E-state index in [-0.39, 0.29) is 18.0 Å². The molecule has 0 bridgehead atoms. The third kappa shape index (κ3) is 6.00. The van der Waals surface area contributed by atoms with Crippen LogP contribution in [0.2, 0.25) is 0 Å². The van der Waals surface area contributed by atoms with E-state index < -0.39 is 10.0 Å². The number of sulfonamides is 1. The predicted molar refractivity (Wildman–Crippen MR) is 77.8 cm³/mol. The van der Waals surface area contributed by atoms with Gasteiger partial charge in [0, 0.05) is 13.2 Å². The average Bonchev–Trinajstić information content (AvgIpc) is 2.42. The molecule has 0 heterocycles. The Morgan fingerprint density at radius 1 is 1.20 bits per heavy atom. The minimum absolute atomic E-state index is 0.0998. The van der Waals surface area contributed by atoms with E-state index in [4.69, 9.17) is 9.84 Å². The fourth-order valence-electron chi connectivity index (χ4n) is 1.53. The molecule has 2 N–H and O–H groups in total. The Bertz CT molecular complexity index is 482. The summed E-state index contributed by atoms with van der Waals surface area (Å²) in [6.45, 7) is 5.38. The smallest absolute Gasteiger partial charge is 0.240 e. The standard InChI is InChI=1S/C14H23NO4S/c1-12(2)7-9-19-10-8-15-20(17,18)14-5-3-13(11-16)4-6-14/h3-6,12,15-16H,7-11H2,1-2H3. The molecule has 0 spiro atoms. The maximum absolute atomic E-state index is 11.9. The maximum atomic E-state index is 11.9. The molecule has 0 atom stereocenters. The van der Waals surface area contributed by atoms with Crippen molar-refractivity contribution in [2.45, 2.75) is 31.8 Å². The number of benzene rings is 1. The lowest BCUT2D eigenvalue weighted by molar-refractivity contribution is 0.128. The molecule has 1 rings (SSSR count). The Balaban J connectivity index is 2.37. The Morgan fingerprint density at radius 3 is 2.40 bits per heavy atom. The molecule has 0 aromatic heterocycles. The number of nitrogens with one attached hydrogen (secondary N) is 1. The van der Waals surface area contributed by atoms with Gasteiger partial charge in [0.2, 0.25) is 10.0 Å². The van der Waals surface area contributed by atoms with Crippen LogP contribution in [-0.2, 0) is 21.4 Å². The van der Waals surface area contributed by atoms with Crippen LogP contribution in [0.3, 0.4) is 0 Å². The largest absolute Gasteiger partial charge is 0.392 e. The number of ether oxygens (including phenoxy) is 1. The molecule has 1 aromatic carbocycles. The first-order chi connectivity index (χ1) is 9.45. The first-order valence-electron chi connectivity index (χ1n) is 6.73. The Kier molecular flexibility index (Phi) is 7.15. The van der Waals surface area contributed by atoms with E-state index in [1.807, 2.05) is 0 Å². The number of hydrogen-bond acceptors (Lipinski definition) is 4. The van der Waals surface area contributed by atoms with Crippen LogP contribution in [-0.4, -0.2) is 33.3 Å². The van der Waals surface area contributed by atoms with Gasteiger partial charge in [0.05, 0.1) is 18.1 Å². The zero-order valence-corrected chi connectivity index (χ0v) is 12.8. The first kappa shape index (κ1) is 17.1. The molecule has 0 amide bonds. The molecule has 0 saturated carbocycles. The summed E-state index contributed by atoms with van der Waals surface area (Å²) in [6, 6.07) is 6.14. The molecule has 6 heteroatoms. The normalized spacial score (nSPS) is 12.0. The molecule has 0 aliphatic carbocycles. The summed E-state index contributed by atoms with van der Waals surface area (Å²) in [6.07, 6.45) is 0.968. The van der Waals surface area contributed by atoms with Crippen LogP contribution in [0.5, 0.6) is 0 Å². The molecule has 0 aliphatic heterocycles. The monoisotopic (exact) mass is 301 g/mol. The number of rotatable bonds is 9. The van der Waals surface area contributed by atoms with E-state index in [0.29, 0.717) is 24.7 Å². The second kappa shape index (κ2) is 8.36. The highest BCUT2D eigenvalue weighted by atomic mass is 32.2. The fraction of sp³-hybridized carbons (Fsp3) is 0.571. The summed E-state index contributed by atoms with van der Waals surface area (Å²) in [4.78, 5) is 0.192. The Morgan fingerprint density at radius 2 is 1.85 bits per heavy atom. The van der Waals surface area contributed by atoms with Crippen molar-refractivity contribution in [1.29, 1.82) is 0 Å². The second-order valence-electron chi connectivity index (χ2n) is 4.99. The van der Waals surface area contributed by atoms with E-state index in [0.717, 1.165) is 6.42 Å². The fourth-order valence-corrected chi connectivity index (χ4v) is 2.54. The highest BCUT2D eigenvalue weighted by Crippen LogP contribution is 2.10. The third-order valence-corrected chi connectivity index (χ3v) is 4.27. The van der Waals surface area contributed by atoms with Crippen LogP contribution < -0.4 is 4.72 Å². The van der Waals surface area contributed by atoms with Crippen molar-refractivity contribution >= 4 is 10.0 Å². The van der Waals surface area contributed by atoms with Gasteiger partial charge >= 0.3 is 0 Å². The van der Waals surface area contributed by atoms with Crippen LogP contribution in [0, 0.1) is 5.92 Å². The lowest BCUT2D eigenvalue weighted by atomic mass is 10.1. The van der Waals surface area contributed by atoms with Crippen LogP contribution in [0.1, 0.15) is 25.8 Å². The highest BCUT2D eigenvalue weighted by Gasteiger charge is 2.12. The Labute approximate surface area is 121 Å². The average molecular weight is 301 g/mol. The molecule has 0 radical (unpaired) electrons. The van der Waals surface area contributed by atoms with E-state index >= 15 is 0 Å². The molecular formula is C14H23NO4S. The van der Waals surface area contributed by atoms with E-state index in [2.05, 4.69) is 18.6 Å². The molecule has 0 unspecified atom stereocenters. The van der Waals surface area contributed by atoms with Crippen LogP contribution >= 0.6 is 0 Å². The summed E-state index contributed by atoms with van der Waals surface area (Å²) in [7, 11) is -3.50. The van der Waals surface area contributed by atoms with Crippen molar-refractivity contribution in [3.8, 4) is 0 Å². The Hall–Kier alpha value is -0.950. The maximum Gasteiger partial charge on any atom is 0.240 e. The van der Waals surface area contributed by atoms with Gasteiger partial charge in [-0.1, -0.05) is 26.0 Å². The van der Waals surface area contributed by atoms with Crippen molar-refractivity contribution in [3.05, 3.63) is 29.8 Å². The van der Waals surface area contributed by atoms with Gasteiger partial charge in [-0.25, -0.2) is 13.1 Å². The van der Waals surface area contributed by atoms with E-state index in [1.165, 1.54) is 12.1 Å². The van der Waals surface area contributed by atoms with Gasteiger partial charge in [0.1, 0.15) is 0 Å². The molecule has 1 aromatic rings. The molecule has 114 valence electrons. The molecule has 0 aliphatic rings. The molecular weight excluding hydrogens is 278 g/mol. The van der Waals surface area contributed by atoms with Crippen molar-refractivity contribution in [2.24, 2.45) is 5.92 Å². The lowest BCUT2D eigenvalue weighted by Gasteiger charge is -2.09. The number of aliphatic hydroxyl groups excluding tert-OH is 1. The topological polar surface area (TPSA) is 75.6 Å². The van der Waals surface area contributed by atoms with Crippen LogP contribution in [0.4, 0.5) is 0 Å². The number of hydrogen-bond donors (Lipinski definition) is 2. The number of aliphatic hydroxyl groups is 1. The van der Waals surface area contributed by atoms with Crippen molar-refractivity contribution in [1.82, 2.24) is 4.72 Å². The van der Waals surface area contributed by atoms with Crippen molar-refractivity contribution < 1.29 is 18.3 Å². The van der Waals surface area contributed by atoms with Crippen LogP contribution in [0.15, 0.2) is 29.2 Å². The molecule has 20 heavy (non-hydrogen) atoms. The summed E-state index contributed by atoms with van der Waals surface area (Å²) in [5.41, 5.74) is 0.681. The van der Waals surface area contributed by atoms with Gasteiger partial charge in [-0.3, -0.25) is 0 Å². The first-order valence-corrected chi connectivity index (χ1v) is 8.21. The second-order valence-corrected chi connectivity index (χ2v) is 6.76. The van der Waals surface area contributed by atoms with E-state index in [1.54, 1.807) is 12.1 Å². The van der Waals surface area contributed by atoms with Gasteiger partial charge in [-0.05, 0) is 30.0 Å². The molecule has 0 saturated heterocycles. The van der Waals surface area contributed by atoms with Gasteiger partial charge in [-0.15, -0.1) is 0 Å². The predicted octanol–water partition coefficient (Wildman–Crippen LogP) is 1.52. The lowest BCUT2D eigenvalue weighted by Crippen LogP contribution is -2.27. The molecule has 5 nitrogen and oxygen atoms in total. The summed E-state index contributed by atoms with van der Waals surface area (Å²) in [5.74, 6) is 0.580. The summed E-state index contributed by atoms with van der Waals surface area (Å²) < 4.78 is 31.7. The SMILES string of the molecule is CC(C)CCOCCNS(=O)(=O)c1ccc(CO)cc1. The zero-order valence-electron chi connectivity index (χ0n) is 12.0. The highest BCUT2D eigenvalue weighted by molar-refractivity contribution is 7.89. The van der Waals surface area contributed by atoms with Crippen LogP contribution in [0.25, 0.3) is 0 Å². The third-order valence-electron chi connectivity index (χ3n) is 2.79. The van der Waals surface area contributed by atoms with Crippen molar-refractivity contribution in [3.63, 3.8) is 0 Å². The van der Waals surface area contributed by atoms with Gasteiger partial charge in [0.25, 0.3) is 0 Å². The van der Waals surface area contributed by atoms with Gasteiger partial charge in [-0.2, -0.15) is 0 Å². The van der Waals surface area contributed by atoms with Gasteiger partial charge in [0.15, 0.2) is 0 Å². The minimum atomic E-state index is -3.50. The zero-order chi connectivity index (χ0) is 15.0. The summed E-state index contributed by atoms with van der Waals surface area (Å²) in [5, 5.41) is 8.91. The quantitative estimate of drug-likeness (QED) is 0.678. The van der Waals surface area contributed by atoms with Gasteiger partial charge < -0.3 is 9.84 Å². The minimum Gasteiger partial charge on any atom is -0.392 e. The van der Waals surface area contributed by atoms with E-state index in [9.17, 15) is 8.42 Å². The van der Waals surface area contributed by atoms with Crippen molar-refractivity contribution in [2.75, 3.05) is 19.8 Å². The molecule has 0 fully saturated rings.